The number of para-hydroxylation sites is 1. The number of nitrogens with zero attached hydrogens (tertiary/aromatic N) is 1. The summed E-state index contributed by atoms with van der Waals surface area (Å²) in [5.41, 5.74) is 3.28. The van der Waals surface area contributed by atoms with Gasteiger partial charge >= 0.3 is 6.03 Å². The number of imide groups is 1. The van der Waals surface area contributed by atoms with Crippen LogP contribution in [0.1, 0.15) is 16.7 Å². The summed E-state index contributed by atoms with van der Waals surface area (Å²) in [7, 11) is 0. The van der Waals surface area contributed by atoms with E-state index in [-0.39, 0.29) is 23.9 Å². The van der Waals surface area contributed by atoms with Crippen LogP contribution >= 0.6 is 0 Å². The van der Waals surface area contributed by atoms with Crippen molar-refractivity contribution in [1.29, 1.82) is 0 Å². The van der Waals surface area contributed by atoms with Gasteiger partial charge in [0.15, 0.2) is 6.61 Å². The second kappa shape index (κ2) is 11.4. The SMILES string of the molecule is Cc1ccc(NC(=O)COc2cccc(/C=C3\NC(=O)N(CC(=O)Nc4ccccc4F)C3=O)c2)cc1C. The van der Waals surface area contributed by atoms with Gasteiger partial charge in [-0.15, -0.1) is 0 Å². The molecule has 3 aromatic carbocycles. The smallest absolute Gasteiger partial charge is 0.329 e. The van der Waals surface area contributed by atoms with Crippen LogP contribution < -0.4 is 20.7 Å². The Bertz CT molecular complexity index is 1450. The normalized spacial score (nSPS) is 13.9. The molecule has 1 aliphatic rings. The van der Waals surface area contributed by atoms with Gasteiger partial charge in [0, 0.05) is 5.69 Å². The summed E-state index contributed by atoms with van der Waals surface area (Å²) in [5, 5.41) is 7.54. The molecule has 0 unspecified atom stereocenters. The number of amides is 5. The minimum absolute atomic E-state index is 0.0432. The lowest BCUT2D eigenvalue weighted by atomic mass is 10.1. The number of carbonyl (C=O) groups is 4. The van der Waals surface area contributed by atoms with Gasteiger partial charge < -0.3 is 20.7 Å². The minimum Gasteiger partial charge on any atom is -0.484 e. The zero-order valence-electron chi connectivity index (χ0n) is 20.7. The molecule has 9 nitrogen and oxygen atoms in total. The topological polar surface area (TPSA) is 117 Å². The van der Waals surface area contributed by atoms with E-state index in [0.717, 1.165) is 16.0 Å². The van der Waals surface area contributed by atoms with Crippen molar-refractivity contribution < 1.29 is 28.3 Å². The predicted octanol–water partition coefficient (Wildman–Crippen LogP) is 3.99. The van der Waals surface area contributed by atoms with E-state index in [1.54, 1.807) is 30.3 Å². The Hall–Kier alpha value is -4.99. The van der Waals surface area contributed by atoms with Gasteiger partial charge in [-0.05, 0) is 73.0 Å². The molecular weight excluding hydrogens is 491 g/mol. The summed E-state index contributed by atoms with van der Waals surface area (Å²) in [4.78, 5) is 50.3. The number of carbonyl (C=O) groups excluding carboxylic acids is 4. The van der Waals surface area contributed by atoms with Crippen LogP contribution in [0.25, 0.3) is 6.08 Å². The highest BCUT2D eigenvalue weighted by Gasteiger charge is 2.35. The van der Waals surface area contributed by atoms with Crippen LogP contribution in [-0.2, 0) is 14.4 Å². The van der Waals surface area contributed by atoms with Crippen molar-refractivity contribution in [2.24, 2.45) is 0 Å². The maximum atomic E-state index is 13.8. The monoisotopic (exact) mass is 516 g/mol. The first-order chi connectivity index (χ1) is 18.2. The molecule has 1 saturated heterocycles. The number of nitrogens with one attached hydrogen (secondary N) is 3. The van der Waals surface area contributed by atoms with Crippen LogP contribution in [0, 0.1) is 19.7 Å². The molecule has 3 aromatic rings. The van der Waals surface area contributed by atoms with Crippen molar-refractivity contribution >= 4 is 41.2 Å². The number of hydrogen-bond acceptors (Lipinski definition) is 5. The van der Waals surface area contributed by atoms with Crippen LogP contribution in [0.2, 0.25) is 0 Å². The molecule has 194 valence electrons. The molecule has 10 heteroatoms. The Morgan fingerprint density at radius 2 is 1.74 bits per heavy atom. The quantitative estimate of drug-likeness (QED) is 0.309. The average molecular weight is 517 g/mol. The molecule has 0 bridgehead atoms. The first-order valence-electron chi connectivity index (χ1n) is 11.7. The summed E-state index contributed by atoms with van der Waals surface area (Å²) < 4.78 is 19.3. The van der Waals surface area contributed by atoms with Crippen LogP contribution in [0.15, 0.2) is 72.4 Å². The molecule has 3 N–H and O–H groups in total. The third kappa shape index (κ3) is 6.41. The van der Waals surface area contributed by atoms with E-state index >= 15 is 0 Å². The lowest BCUT2D eigenvalue weighted by Crippen LogP contribution is -2.38. The first kappa shape index (κ1) is 26.1. The van der Waals surface area contributed by atoms with Gasteiger partial charge in [0.1, 0.15) is 23.8 Å². The number of halogens is 1. The van der Waals surface area contributed by atoms with Crippen LogP contribution in [-0.4, -0.2) is 41.8 Å². The summed E-state index contributed by atoms with van der Waals surface area (Å²) in [6, 6.07) is 17.0. The van der Waals surface area contributed by atoms with Crippen molar-refractivity contribution in [3.05, 3.63) is 94.9 Å². The largest absolute Gasteiger partial charge is 0.484 e. The lowest BCUT2D eigenvalue weighted by Gasteiger charge is -2.12. The molecule has 5 amide bonds. The van der Waals surface area contributed by atoms with E-state index in [1.165, 1.54) is 24.3 Å². The van der Waals surface area contributed by atoms with Crippen LogP contribution in [0.5, 0.6) is 5.75 Å². The van der Waals surface area contributed by atoms with E-state index in [4.69, 9.17) is 4.74 Å². The summed E-state index contributed by atoms with van der Waals surface area (Å²) in [6.07, 6.45) is 1.43. The standard InChI is InChI=1S/C28H25FN4O5/c1-17-10-11-20(12-18(17)2)30-26(35)16-38-21-7-5-6-19(13-21)14-24-27(36)33(28(37)32-24)15-25(34)31-23-9-4-3-8-22(23)29/h3-14H,15-16H2,1-2H3,(H,30,35)(H,31,34)(H,32,37)/b24-14-. The highest BCUT2D eigenvalue weighted by molar-refractivity contribution is 6.16. The molecule has 0 radical (unpaired) electrons. The van der Waals surface area contributed by atoms with Crippen LogP contribution in [0.4, 0.5) is 20.6 Å². The van der Waals surface area contributed by atoms with Gasteiger partial charge in [0.25, 0.3) is 11.8 Å². The number of hydrogen-bond donors (Lipinski definition) is 3. The molecule has 1 fully saturated rings. The van der Waals surface area contributed by atoms with E-state index in [2.05, 4.69) is 16.0 Å². The molecule has 0 spiro atoms. The third-order valence-corrected chi connectivity index (χ3v) is 5.74. The Labute approximate surface area is 218 Å². The number of anilines is 2. The van der Waals surface area contributed by atoms with E-state index in [0.29, 0.717) is 17.0 Å². The Morgan fingerprint density at radius 3 is 2.50 bits per heavy atom. The Balaban J connectivity index is 1.35. The van der Waals surface area contributed by atoms with E-state index in [9.17, 15) is 23.6 Å². The van der Waals surface area contributed by atoms with E-state index in [1.807, 2.05) is 32.0 Å². The fraction of sp³-hybridized carbons (Fsp3) is 0.143. The average Bonchev–Trinajstić information content (AvgIpc) is 3.14. The second-order valence-corrected chi connectivity index (χ2v) is 8.62. The van der Waals surface area contributed by atoms with Crippen molar-refractivity contribution in [3.8, 4) is 5.75 Å². The minimum atomic E-state index is -0.777. The van der Waals surface area contributed by atoms with Crippen molar-refractivity contribution in [2.75, 3.05) is 23.8 Å². The molecule has 0 aromatic heterocycles. The fourth-order valence-electron chi connectivity index (χ4n) is 3.64. The summed E-state index contributed by atoms with van der Waals surface area (Å²) in [6.45, 7) is 3.13. The number of urea groups is 1. The second-order valence-electron chi connectivity index (χ2n) is 8.62. The Kier molecular flexibility index (Phi) is 7.81. The molecule has 1 aliphatic heterocycles. The zero-order chi connectivity index (χ0) is 27.2. The third-order valence-electron chi connectivity index (χ3n) is 5.74. The van der Waals surface area contributed by atoms with Gasteiger partial charge in [-0.25, -0.2) is 14.1 Å². The number of ether oxygens (including phenoxy) is 1. The molecule has 0 atom stereocenters. The van der Waals surface area contributed by atoms with Gasteiger partial charge in [-0.2, -0.15) is 0 Å². The Morgan fingerprint density at radius 1 is 0.947 bits per heavy atom. The molecular formula is C28H25FN4O5. The van der Waals surface area contributed by atoms with Gasteiger partial charge in [0.05, 0.1) is 5.69 Å². The zero-order valence-corrected chi connectivity index (χ0v) is 20.7. The lowest BCUT2D eigenvalue weighted by molar-refractivity contribution is -0.127. The predicted molar refractivity (Wildman–Crippen MR) is 140 cm³/mol. The molecule has 38 heavy (non-hydrogen) atoms. The van der Waals surface area contributed by atoms with Gasteiger partial charge in [0.2, 0.25) is 5.91 Å². The molecule has 1 heterocycles. The van der Waals surface area contributed by atoms with Crippen molar-refractivity contribution in [1.82, 2.24) is 10.2 Å². The maximum Gasteiger partial charge on any atom is 0.329 e. The summed E-state index contributed by atoms with van der Waals surface area (Å²) >= 11 is 0. The van der Waals surface area contributed by atoms with Crippen LogP contribution in [0.3, 0.4) is 0 Å². The molecule has 4 rings (SSSR count). The maximum absolute atomic E-state index is 13.8. The highest BCUT2D eigenvalue weighted by Crippen LogP contribution is 2.20. The fourth-order valence-corrected chi connectivity index (χ4v) is 3.64. The van der Waals surface area contributed by atoms with Crippen molar-refractivity contribution in [2.45, 2.75) is 13.8 Å². The first-order valence-corrected chi connectivity index (χ1v) is 11.7. The molecule has 0 aliphatic carbocycles. The number of rotatable bonds is 8. The number of aryl methyl sites for hydroxylation is 2. The molecule has 0 saturated carbocycles. The summed E-state index contributed by atoms with van der Waals surface area (Å²) in [5.74, 6) is -2.03. The van der Waals surface area contributed by atoms with Gasteiger partial charge in [-0.3, -0.25) is 14.4 Å². The number of benzene rings is 3. The van der Waals surface area contributed by atoms with Gasteiger partial charge in [-0.1, -0.05) is 30.3 Å². The van der Waals surface area contributed by atoms with Crippen molar-refractivity contribution in [3.63, 3.8) is 0 Å². The van der Waals surface area contributed by atoms with E-state index < -0.39 is 30.2 Å². The highest BCUT2D eigenvalue weighted by atomic mass is 19.1.